The maximum atomic E-state index is 6.36. The highest BCUT2D eigenvalue weighted by Crippen LogP contribution is 2.38. The van der Waals surface area contributed by atoms with Crippen molar-refractivity contribution in [2.75, 3.05) is 14.2 Å². The SMILES string of the molecule is COc1cc(OC)c(Cl)c(B2OC(C)(C)C(C)(C)O2)c1. The smallest absolute Gasteiger partial charge is 0.496 e. The van der Waals surface area contributed by atoms with Crippen LogP contribution in [0.1, 0.15) is 27.7 Å². The molecular formula is C14H20BClO4. The molecule has 20 heavy (non-hydrogen) atoms. The summed E-state index contributed by atoms with van der Waals surface area (Å²) in [7, 11) is 2.61. The van der Waals surface area contributed by atoms with E-state index in [2.05, 4.69) is 0 Å². The lowest BCUT2D eigenvalue weighted by Crippen LogP contribution is -2.41. The van der Waals surface area contributed by atoms with Crippen molar-refractivity contribution in [1.82, 2.24) is 0 Å². The molecule has 0 radical (unpaired) electrons. The lowest BCUT2D eigenvalue weighted by Gasteiger charge is -2.32. The van der Waals surface area contributed by atoms with Crippen LogP contribution in [0.3, 0.4) is 0 Å². The van der Waals surface area contributed by atoms with Crippen LogP contribution in [0.5, 0.6) is 11.5 Å². The van der Waals surface area contributed by atoms with Crippen LogP contribution < -0.4 is 14.9 Å². The molecule has 0 aliphatic carbocycles. The van der Waals surface area contributed by atoms with Crippen molar-refractivity contribution in [3.8, 4) is 11.5 Å². The molecule has 1 fully saturated rings. The maximum absolute atomic E-state index is 6.36. The van der Waals surface area contributed by atoms with Gasteiger partial charge < -0.3 is 18.8 Å². The van der Waals surface area contributed by atoms with Gasteiger partial charge in [0, 0.05) is 11.5 Å². The molecule has 1 aromatic rings. The summed E-state index contributed by atoms with van der Waals surface area (Å²) in [6.07, 6.45) is 0. The van der Waals surface area contributed by atoms with Crippen molar-refractivity contribution in [3.05, 3.63) is 17.2 Å². The van der Waals surface area contributed by atoms with E-state index in [0.29, 0.717) is 22.0 Å². The van der Waals surface area contributed by atoms with Crippen LogP contribution in [0.25, 0.3) is 0 Å². The van der Waals surface area contributed by atoms with Crippen molar-refractivity contribution in [2.24, 2.45) is 0 Å². The molecule has 0 amide bonds. The number of hydrogen-bond acceptors (Lipinski definition) is 4. The van der Waals surface area contributed by atoms with Crippen LogP contribution in [0.4, 0.5) is 0 Å². The van der Waals surface area contributed by atoms with E-state index in [1.807, 2.05) is 33.8 Å². The first kappa shape index (κ1) is 15.5. The Morgan fingerprint density at radius 3 is 2.00 bits per heavy atom. The quantitative estimate of drug-likeness (QED) is 0.804. The molecule has 4 nitrogen and oxygen atoms in total. The Labute approximate surface area is 125 Å². The Hall–Kier alpha value is -0.905. The molecule has 110 valence electrons. The molecule has 1 aliphatic rings. The summed E-state index contributed by atoms with van der Waals surface area (Å²) in [5.74, 6) is 1.19. The van der Waals surface area contributed by atoms with Gasteiger partial charge >= 0.3 is 7.12 Å². The van der Waals surface area contributed by atoms with Gasteiger partial charge in [-0.25, -0.2) is 0 Å². The minimum Gasteiger partial charge on any atom is -0.497 e. The third-order valence-corrected chi connectivity index (χ3v) is 4.41. The first-order valence-electron chi connectivity index (χ1n) is 6.49. The molecule has 0 saturated carbocycles. The Morgan fingerprint density at radius 1 is 1.00 bits per heavy atom. The predicted octanol–water partition coefficient (Wildman–Crippen LogP) is 2.66. The Balaban J connectivity index is 2.44. The largest absolute Gasteiger partial charge is 0.497 e. The van der Waals surface area contributed by atoms with E-state index < -0.39 is 18.3 Å². The molecule has 1 saturated heterocycles. The molecule has 1 heterocycles. The van der Waals surface area contributed by atoms with Gasteiger partial charge in [0.05, 0.1) is 30.4 Å². The third-order valence-electron chi connectivity index (χ3n) is 4.00. The average molecular weight is 299 g/mol. The summed E-state index contributed by atoms with van der Waals surface area (Å²) in [6.45, 7) is 7.99. The third kappa shape index (κ3) is 2.50. The maximum Gasteiger partial charge on any atom is 0.496 e. The highest BCUT2D eigenvalue weighted by atomic mass is 35.5. The first-order chi connectivity index (χ1) is 9.21. The summed E-state index contributed by atoms with van der Waals surface area (Å²) in [5, 5.41) is 0.479. The zero-order chi connectivity index (χ0) is 15.1. The molecule has 6 heteroatoms. The zero-order valence-corrected chi connectivity index (χ0v) is 13.5. The Morgan fingerprint density at radius 2 is 1.55 bits per heavy atom. The first-order valence-corrected chi connectivity index (χ1v) is 6.86. The number of benzene rings is 1. The normalized spacial score (nSPS) is 20.1. The molecule has 0 spiro atoms. The summed E-state index contributed by atoms with van der Waals surface area (Å²) >= 11 is 6.36. The molecule has 0 aromatic heterocycles. The van der Waals surface area contributed by atoms with Crippen LogP contribution >= 0.6 is 11.6 Å². The van der Waals surface area contributed by atoms with Crippen LogP contribution in [-0.4, -0.2) is 32.5 Å². The van der Waals surface area contributed by atoms with Gasteiger partial charge in [-0.1, -0.05) is 11.6 Å². The molecule has 1 aromatic carbocycles. The van der Waals surface area contributed by atoms with E-state index >= 15 is 0 Å². The lowest BCUT2D eigenvalue weighted by molar-refractivity contribution is 0.00578. The number of hydrogen-bond donors (Lipinski definition) is 0. The second-order valence-corrected chi connectivity index (χ2v) is 6.20. The highest BCUT2D eigenvalue weighted by molar-refractivity contribution is 6.66. The molecule has 0 N–H and O–H groups in total. The van der Waals surface area contributed by atoms with Gasteiger partial charge in [-0.15, -0.1) is 0 Å². The Kier molecular flexibility index (Phi) is 3.97. The number of ether oxygens (including phenoxy) is 2. The van der Waals surface area contributed by atoms with E-state index in [9.17, 15) is 0 Å². The molecule has 0 bridgehead atoms. The van der Waals surface area contributed by atoms with Gasteiger partial charge in [0.25, 0.3) is 0 Å². The van der Waals surface area contributed by atoms with Crippen molar-refractivity contribution in [3.63, 3.8) is 0 Å². The van der Waals surface area contributed by atoms with Crippen molar-refractivity contribution < 1.29 is 18.8 Å². The topological polar surface area (TPSA) is 36.9 Å². The van der Waals surface area contributed by atoms with Gasteiger partial charge in [-0.3, -0.25) is 0 Å². The fourth-order valence-electron chi connectivity index (χ4n) is 2.00. The monoisotopic (exact) mass is 298 g/mol. The summed E-state index contributed by atoms with van der Waals surface area (Å²) in [6, 6.07) is 3.55. The second-order valence-electron chi connectivity index (χ2n) is 5.82. The van der Waals surface area contributed by atoms with Gasteiger partial charge in [-0.05, 0) is 33.8 Å². The minimum atomic E-state index is -0.545. The predicted molar refractivity (Wildman–Crippen MR) is 80.3 cm³/mol. The van der Waals surface area contributed by atoms with Crippen molar-refractivity contribution in [1.29, 1.82) is 0 Å². The molecule has 0 atom stereocenters. The fraction of sp³-hybridized carbons (Fsp3) is 0.571. The van der Waals surface area contributed by atoms with Gasteiger partial charge in [-0.2, -0.15) is 0 Å². The van der Waals surface area contributed by atoms with Gasteiger partial charge in [0.15, 0.2) is 0 Å². The van der Waals surface area contributed by atoms with Crippen molar-refractivity contribution in [2.45, 2.75) is 38.9 Å². The highest BCUT2D eigenvalue weighted by Gasteiger charge is 2.52. The van der Waals surface area contributed by atoms with Gasteiger partial charge in [0.2, 0.25) is 0 Å². The zero-order valence-electron chi connectivity index (χ0n) is 12.7. The van der Waals surface area contributed by atoms with E-state index in [-0.39, 0.29) is 0 Å². The molecule has 1 aliphatic heterocycles. The fourth-order valence-corrected chi connectivity index (χ4v) is 2.28. The summed E-state index contributed by atoms with van der Waals surface area (Å²) in [5.41, 5.74) is -0.129. The molecule has 2 rings (SSSR count). The van der Waals surface area contributed by atoms with Crippen LogP contribution in [-0.2, 0) is 9.31 Å². The van der Waals surface area contributed by atoms with Crippen LogP contribution in [0, 0.1) is 0 Å². The van der Waals surface area contributed by atoms with Crippen molar-refractivity contribution >= 4 is 24.2 Å². The molecular weight excluding hydrogens is 278 g/mol. The van der Waals surface area contributed by atoms with E-state index in [0.717, 1.165) is 0 Å². The summed E-state index contributed by atoms with van der Waals surface area (Å²) in [4.78, 5) is 0. The van der Waals surface area contributed by atoms with E-state index in [1.54, 1.807) is 20.3 Å². The Bertz CT molecular complexity index is 500. The number of halogens is 1. The van der Waals surface area contributed by atoms with Crippen LogP contribution in [0.15, 0.2) is 12.1 Å². The summed E-state index contributed by atoms with van der Waals surface area (Å²) < 4.78 is 22.6. The minimum absolute atomic E-state index is 0.419. The standard InChI is InChI=1S/C14H20BClO4/c1-13(2)14(3,4)20-15(19-13)10-7-9(17-5)8-11(18-6)12(10)16/h7-8H,1-6H3. The van der Waals surface area contributed by atoms with E-state index in [1.165, 1.54) is 0 Å². The number of methoxy groups -OCH3 is 2. The van der Waals surface area contributed by atoms with E-state index in [4.69, 9.17) is 30.4 Å². The van der Waals surface area contributed by atoms with Crippen LogP contribution in [0.2, 0.25) is 5.02 Å². The molecule has 0 unspecified atom stereocenters. The van der Waals surface area contributed by atoms with Gasteiger partial charge in [0.1, 0.15) is 11.5 Å². The second kappa shape index (κ2) is 5.13. The number of rotatable bonds is 3. The lowest BCUT2D eigenvalue weighted by atomic mass is 9.78. The average Bonchev–Trinajstić information content (AvgIpc) is 2.58.